The van der Waals surface area contributed by atoms with Gasteiger partial charge in [0.15, 0.2) is 0 Å². The van der Waals surface area contributed by atoms with Crippen molar-refractivity contribution in [3.05, 3.63) is 68.2 Å². The van der Waals surface area contributed by atoms with Crippen LogP contribution in [0.1, 0.15) is 28.9 Å². The van der Waals surface area contributed by atoms with Gasteiger partial charge in [0, 0.05) is 17.3 Å². The number of nitro benzene ring substituents is 1. The minimum absolute atomic E-state index is 0.176. The van der Waals surface area contributed by atoms with E-state index in [0.717, 1.165) is 0 Å². The van der Waals surface area contributed by atoms with Gasteiger partial charge in [-0.3, -0.25) is 14.9 Å². The third-order valence-corrected chi connectivity index (χ3v) is 3.70. The SMILES string of the molecule is C[C@H](O)c1cccc(NC(=O)c2ccc(Br)c([N+](=O)[O-])c2)c1. The topological polar surface area (TPSA) is 92.5 Å². The second kappa shape index (κ2) is 6.67. The highest BCUT2D eigenvalue weighted by atomic mass is 79.9. The van der Waals surface area contributed by atoms with Crippen LogP contribution in [-0.2, 0) is 0 Å². The average molecular weight is 365 g/mol. The Kier molecular flexibility index (Phi) is 4.89. The van der Waals surface area contributed by atoms with Gasteiger partial charge in [-0.2, -0.15) is 0 Å². The molecule has 0 aliphatic heterocycles. The number of hydrogen-bond acceptors (Lipinski definition) is 4. The van der Waals surface area contributed by atoms with Crippen LogP contribution in [0.3, 0.4) is 0 Å². The molecule has 0 aromatic heterocycles. The molecular weight excluding hydrogens is 352 g/mol. The minimum atomic E-state index is -0.648. The van der Waals surface area contributed by atoms with Gasteiger partial charge in [0.05, 0.1) is 15.5 Å². The Balaban J connectivity index is 2.24. The molecule has 1 atom stereocenters. The van der Waals surface area contributed by atoms with Crippen LogP contribution in [0.2, 0.25) is 0 Å². The van der Waals surface area contributed by atoms with E-state index in [-0.39, 0.29) is 11.3 Å². The maximum Gasteiger partial charge on any atom is 0.284 e. The summed E-state index contributed by atoms with van der Waals surface area (Å²) in [5, 5.41) is 23.1. The van der Waals surface area contributed by atoms with E-state index in [4.69, 9.17) is 0 Å². The normalized spacial score (nSPS) is 11.8. The first-order valence-corrected chi connectivity index (χ1v) is 7.21. The molecule has 2 aromatic carbocycles. The van der Waals surface area contributed by atoms with Crippen molar-refractivity contribution in [3.63, 3.8) is 0 Å². The van der Waals surface area contributed by atoms with Crippen LogP contribution in [-0.4, -0.2) is 15.9 Å². The number of aliphatic hydroxyl groups excluding tert-OH is 1. The molecule has 6 nitrogen and oxygen atoms in total. The Bertz CT molecular complexity index is 731. The number of nitrogens with zero attached hydrogens (tertiary/aromatic N) is 1. The lowest BCUT2D eigenvalue weighted by Gasteiger charge is -2.09. The van der Waals surface area contributed by atoms with E-state index in [0.29, 0.717) is 15.7 Å². The van der Waals surface area contributed by atoms with Crippen molar-refractivity contribution in [2.24, 2.45) is 0 Å². The number of anilines is 1. The molecule has 0 saturated carbocycles. The van der Waals surface area contributed by atoms with Crippen LogP contribution >= 0.6 is 15.9 Å². The minimum Gasteiger partial charge on any atom is -0.389 e. The molecule has 0 spiro atoms. The Morgan fingerprint density at radius 2 is 2.05 bits per heavy atom. The van der Waals surface area contributed by atoms with Crippen LogP contribution in [0.4, 0.5) is 11.4 Å². The zero-order valence-electron chi connectivity index (χ0n) is 11.6. The molecule has 0 fully saturated rings. The molecule has 0 radical (unpaired) electrons. The summed E-state index contributed by atoms with van der Waals surface area (Å²) < 4.78 is 0.310. The molecular formula is C15H13BrN2O4. The standard InChI is InChI=1S/C15H13BrN2O4/c1-9(19)10-3-2-4-12(7-10)17-15(20)11-5-6-13(16)14(8-11)18(21)22/h2-9,19H,1H3,(H,17,20)/t9-/m0/s1. The predicted molar refractivity (Wildman–Crippen MR) is 85.8 cm³/mol. The van der Waals surface area contributed by atoms with Gasteiger partial charge >= 0.3 is 0 Å². The zero-order chi connectivity index (χ0) is 16.3. The molecule has 0 unspecified atom stereocenters. The zero-order valence-corrected chi connectivity index (χ0v) is 13.2. The lowest BCUT2D eigenvalue weighted by molar-refractivity contribution is -0.385. The average Bonchev–Trinajstić information content (AvgIpc) is 2.47. The van der Waals surface area contributed by atoms with E-state index >= 15 is 0 Å². The van der Waals surface area contributed by atoms with Crippen LogP contribution in [0.15, 0.2) is 46.9 Å². The molecule has 0 aliphatic carbocycles. The summed E-state index contributed by atoms with van der Waals surface area (Å²) >= 11 is 3.07. The fraction of sp³-hybridized carbons (Fsp3) is 0.133. The first-order chi connectivity index (χ1) is 10.4. The Hall–Kier alpha value is -2.25. The third kappa shape index (κ3) is 3.69. The van der Waals surface area contributed by atoms with E-state index in [1.165, 1.54) is 18.2 Å². The fourth-order valence-corrected chi connectivity index (χ4v) is 2.26. The van der Waals surface area contributed by atoms with E-state index in [2.05, 4.69) is 21.2 Å². The van der Waals surface area contributed by atoms with Gasteiger partial charge in [-0.25, -0.2) is 0 Å². The van der Waals surface area contributed by atoms with Crippen molar-refractivity contribution in [1.82, 2.24) is 0 Å². The fourth-order valence-electron chi connectivity index (χ4n) is 1.87. The number of amides is 1. The highest BCUT2D eigenvalue weighted by Crippen LogP contribution is 2.26. The number of hydrogen-bond donors (Lipinski definition) is 2. The maximum absolute atomic E-state index is 12.2. The predicted octanol–water partition coefficient (Wildman–Crippen LogP) is 3.66. The first-order valence-electron chi connectivity index (χ1n) is 6.42. The van der Waals surface area contributed by atoms with Crippen LogP contribution in [0.5, 0.6) is 0 Å². The molecule has 2 rings (SSSR count). The second-order valence-electron chi connectivity index (χ2n) is 4.68. The highest BCUT2D eigenvalue weighted by molar-refractivity contribution is 9.10. The van der Waals surface area contributed by atoms with Crippen molar-refractivity contribution < 1.29 is 14.8 Å². The number of carbonyl (C=O) groups excluding carboxylic acids is 1. The summed E-state index contributed by atoms with van der Waals surface area (Å²) in [7, 11) is 0. The summed E-state index contributed by atoms with van der Waals surface area (Å²) in [6, 6.07) is 10.9. The number of nitrogens with one attached hydrogen (secondary N) is 1. The van der Waals surface area contributed by atoms with Crippen molar-refractivity contribution >= 4 is 33.2 Å². The molecule has 0 bridgehead atoms. The van der Waals surface area contributed by atoms with Gasteiger partial charge in [-0.15, -0.1) is 0 Å². The number of halogens is 1. The second-order valence-corrected chi connectivity index (χ2v) is 5.53. The summed E-state index contributed by atoms with van der Waals surface area (Å²) in [5.41, 5.74) is 1.18. The van der Waals surface area contributed by atoms with Gasteiger partial charge in [0.2, 0.25) is 0 Å². The van der Waals surface area contributed by atoms with E-state index in [1.807, 2.05) is 0 Å². The maximum atomic E-state index is 12.2. The van der Waals surface area contributed by atoms with Gasteiger partial charge in [0.1, 0.15) is 0 Å². The molecule has 22 heavy (non-hydrogen) atoms. The number of nitro groups is 1. The highest BCUT2D eigenvalue weighted by Gasteiger charge is 2.16. The number of carbonyl (C=O) groups is 1. The summed E-state index contributed by atoms with van der Waals surface area (Å²) in [4.78, 5) is 22.5. The van der Waals surface area contributed by atoms with E-state index < -0.39 is 16.9 Å². The molecule has 0 heterocycles. The lowest BCUT2D eigenvalue weighted by Crippen LogP contribution is -2.12. The van der Waals surface area contributed by atoms with Crippen molar-refractivity contribution in [1.29, 1.82) is 0 Å². The smallest absolute Gasteiger partial charge is 0.284 e. The van der Waals surface area contributed by atoms with Gasteiger partial charge in [-0.1, -0.05) is 12.1 Å². The molecule has 114 valence electrons. The van der Waals surface area contributed by atoms with Crippen molar-refractivity contribution in [3.8, 4) is 0 Å². The first kappa shape index (κ1) is 16.1. The van der Waals surface area contributed by atoms with Crippen molar-refractivity contribution in [2.45, 2.75) is 13.0 Å². The van der Waals surface area contributed by atoms with Gasteiger partial charge < -0.3 is 10.4 Å². The molecule has 0 saturated heterocycles. The Morgan fingerprint density at radius 3 is 2.68 bits per heavy atom. The molecule has 1 amide bonds. The molecule has 0 aliphatic rings. The number of aliphatic hydroxyl groups is 1. The molecule has 2 aromatic rings. The van der Waals surface area contributed by atoms with Crippen LogP contribution in [0, 0.1) is 10.1 Å². The molecule has 2 N–H and O–H groups in total. The van der Waals surface area contributed by atoms with Crippen molar-refractivity contribution in [2.75, 3.05) is 5.32 Å². The third-order valence-electron chi connectivity index (χ3n) is 3.03. The van der Waals surface area contributed by atoms with Crippen LogP contribution in [0.25, 0.3) is 0 Å². The van der Waals surface area contributed by atoms with Gasteiger partial charge in [0.25, 0.3) is 11.6 Å². The summed E-state index contributed by atoms with van der Waals surface area (Å²) in [5.74, 6) is -0.460. The van der Waals surface area contributed by atoms with E-state index in [9.17, 15) is 20.0 Å². The summed E-state index contributed by atoms with van der Waals surface area (Å²) in [6.45, 7) is 1.62. The van der Waals surface area contributed by atoms with E-state index in [1.54, 1.807) is 31.2 Å². The number of rotatable bonds is 4. The summed E-state index contributed by atoms with van der Waals surface area (Å²) in [6.07, 6.45) is -0.648. The molecule has 7 heteroatoms. The quantitative estimate of drug-likeness (QED) is 0.639. The lowest BCUT2D eigenvalue weighted by atomic mass is 10.1. The van der Waals surface area contributed by atoms with Gasteiger partial charge in [-0.05, 0) is 52.7 Å². The number of benzene rings is 2. The monoisotopic (exact) mass is 364 g/mol. The Morgan fingerprint density at radius 1 is 1.32 bits per heavy atom. The van der Waals surface area contributed by atoms with Crippen LogP contribution < -0.4 is 5.32 Å². The largest absolute Gasteiger partial charge is 0.389 e. The Labute approximate surface area is 135 Å².